The standard InChI is InChI=1S/C11H13ClO/c1-3-7-13-10-5-6-11(12)9(4-2)8-10/h3,5-8H,4H2,1-2H3/b7-3-. The first-order valence-corrected chi connectivity index (χ1v) is 4.72. The molecule has 2 heteroatoms. The van der Waals surface area contributed by atoms with Gasteiger partial charge in [-0.2, -0.15) is 0 Å². The lowest BCUT2D eigenvalue weighted by atomic mass is 10.1. The Hall–Kier alpha value is -0.950. The zero-order valence-corrected chi connectivity index (χ0v) is 8.64. The predicted molar refractivity (Wildman–Crippen MR) is 56.3 cm³/mol. The van der Waals surface area contributed by atoms with Crippen LogP contribution in [0.3, 0.4) is 0 Å². The van der Waals surface area contributed by atoms with Gasteiger partial charge < -0.3 is 4.74 Å². The Bertz CT molecular complexity index is 305. The van der Waals surface area contributed by atoms with Crippen molar-refractivity contribution in [2.45, 2.75) is 20.3 Å². The van der Waals surface area contributed by atoms with Crippen molar-refractivity contribution >= 4 is 11.6 Å². The third kappa shape index (κ3) is 2.78. The van der Waals surface area contributed by atoms with Gasteiger partial charge in [0.15, 0.2) is 0 Å². The first-order valence-electron chi connectivity index (χ1n) is 4.34. The lowest BCUT2D eigenvalue weighted by molar-refractivity contribution is 0.480. The summed E-state index contributed by atoms with van der Waals surface area (Å²) < 4.78 is 5.31. The van der Waals surface area contributed by atoms with Gasteiger partial charge in [-0.25, -0.2) is 0 Å². The Morgan fingerprint density at radius 2 is 2.23 bits per heavy atom. The van der Waals surface area contributed by atoms with E-state index in [1.165, 1.54) is 0 Å². The summed E-state index contributed by atoms with van der Waals surface area (Å²) in [5.41, 5.74) is 1.11. The van der Waals surface area contributed by atoms with E-state index in [4.69, 9.17) is 16.3 Å². The van der Waals surface area contributed by atoms with Crippen molar-refractivity contribution in [1.29, 1.82) is 0 Å². The van der Waals surface area contributed by atoms with Crippen molar-refractivity contribution in [1.82, 2.24) is 0 Å². The molecular weight excluding hydrogens is 184 g/mol. The van der Waals surface area contributed by atoms with Gasteiger partial charge in [-0.15, -0.1) is 0 Å². The molecule has 0 radical (unpaired) electrons. The second-order valence-corrected chi connectivity index (χ2v) is 3.10. The second-order valence-electron chi connectivity index (χ2n) is 2.69. The fraction of sp³-hybridized carbons (Fsp3) is 0.273. The van der Waals surface area contributed by atoms with E-state index in [-0.39, 0.29) is 0 Å². The summed E-state index contributed by atoms with van der Waals surface area (Å²) in [6.07, 6.45) is 4.43. The summed E-state index contributed by atoms with van der Waals surface area (Å²) in [5.74, 6) is 0.833. The van der Waals surface area contributed by atoms with E-state index in [2.05, 4.69) is 6.92 Å². The quantitative estimate of drug-likeness (QED) is 0.668. The average Bonchev–Trinajstić information content (AvgIpc) is 2.16. The van der Waals surface area contributed by atoms with E-state index in [9.17, 15) is 0 Å². The molecule has 70 valence electrons. The molecule has 0 unspecified atom stereocenters. The number of hydrogen-bond donors (Lipinski definition) is 0. The molecule has 0 aliphatic carbocycles. The Morgan fingerprint density at radius 1 is 1.46 bits per heavy atom. The van der Waals surface area contributed by atoms with Crippen LogP contribution in [-0.2, 0) is 6.42 Å². The summed E-state index contributed by atoms with van der Waals surface area (Å²) in [7, 11) is 0. The largest absolute Gasteiger partial charge is 0.465 e. The summed E-state index contributed by atoms with van der Waals surface area (Å²) in [6, 6.07) is 5.68. The van der Waals surface area contributed by atoms with E-state index >= 15 is 0 Å². The number of halogens is 1. The molecule has 0 aliphatic heterocycles. The Balaban J connectivity index is 2.86. The monoisotopic (exact) mass is 196 g/mol. The van der Waals surface area contributed by atoms with Crippen LogP contribution < -0.4 is 4.74 Å². The molecule has 0 atom stereocenters. The molecule has 0 aromatic heterocycles. The summed E-state index contributed by atoms with van der Waals surface area (Å²) in [6.45, 7) is 3.98. The molecule has 0 heterocycles. The maximum atomic E-state index is 5.96. The molecule has 1 rings (SSSR count). The number of ether oxygens (including phenoxy) is 1. The molecule has 0 fully saturated rings. The maximum absolute atomic E-state index is 5.96. The average molecular weight is 197 g/mol. The van der Waals surface area contributed by atoms with Crippen LogP contribution in [0.4, 0.5) is 0 Å². The first kappa shape index (κ1) is 10.1. The summed E-state index contributed by atoms with van der Waals surface area (Å²) in [5, 5.41) is 0.801. The molecule has 0 bridgehead atoms. The highest BCUT2D eigenvalue weighted by Gasteiger charge is 1.99. The van der Waals surface area contributed by atoms with E-state index in [0.717, 1.165) is 22.8 Å². The molecule has 0 N–H and O–H groups in total. The van der Waals surface area contributed by atoms with Crippen molar-refractivity contribution in [2.75, 3.05) is 0 Å². The maximum Gasteiger partial charge on any atom is 0.126 e. The predicted octanol–water partition coefficient (Wildman–Crippen LogP) is 3.81. The highest BCUT2D eigenvalue weighted by molar-refractivity contribution is 6.31. The molecule has 1 aromatic rings. The normalized spacial score (nSPS) is 10.7. The van der Waals surface area contributed by atoms with Gasteiger partial charge in [0.05, 0.1) is 6.26 Å². The highest BCUT2D eigenvalue weighted by atomic mass is 35.5. The molecule has 0 saturated heterocycles. The summed E-state index contributed by atoms with van der Waals surface area (Å²) >= 11 is 5.96. The molecule has 1 aromatic carbocycles. The minimum Gasteiger partial charge on any atom is -0.465 e. The minimum atomic E-state index is 0.801. The lowest BCUT2D eigenvalue weighted by Gasteiger charge is -2.04. The van der Waals surface area contributed by atoms with Crippen molar-refractivity contribution in [3.8, 4) is 5.75 Å². The molecule has 0 saturated carbocycles. The Labute approximate surface area is 84.0 Å². The van der Waals surface area contributed by atoms with E-state index in [0.29, 0.717) is 0 Å². The molecule has 0 spiro atoms. The van der Waals surface area contributed by atoms with E-state index in [1.807, 2.05) is 31.2 Å². The third-order valence-corrected chi connectivity index (χ3v) is 2.11. The van der Waals surface area contributed by atoms with Gasteiger partial charge in [0, 0.05) is 5.02 Å². The van der Waals surface area contributed by atoms with Crippen LogP contribution in [-0.4, -0.2) is 0 Å². The van der Waals surface area contributed by atoms with Crippen molar-refractivity contribution in [3.63, 3.8) is 0 Å². The SMILES string of the molecule is C/C=C\Oc1ccc(Cl)c(CC)c1. The van der Waals surface area contributed by atoms with Gasteiger partial charge in [0.1, 0.15) is 5.75 Å². The van der Waals surface area contributed by atoms with Crippen molar-refractivity contribution in [2.24, 2.45) is 0 Å². The smallest absolute Gasteiger partial charge is 0.126 e. The van der Waals surface area contributed by atoms with Crippen molar-refractivity contribution < 1.29 is 4.74 Å². The zero-order chi connectivity index (χ0) is 9.68. The number of rotatable bonds is 3. The van der Waals surface area contributed by atoms with Crippen LogP contribution in [0, 0.1) is 0 Å². The van der Waals surface area contributed by atoms with Gasteiger partial charge in [0.25, 0.3) is 0 Å². The Morgan fingerprint density at radius 3 is 2.85 bits per heavy atom. The summed E-state index contributed by atoms with van der Waals surface area (Å²) in [4.78, 5) is 0. The van der Waals surface area contributed by atoms with E-state index < -0.39 is 0 Å². The molecule has 0 aliphatic rings. The minimum absolute atomic E-state index is 0.801. The van der Waals surface area contributed by atoms with Crippen LogP contribution in [0.2, 0.25) is 5.02 Å². The van der Waals surface area contributed by atoms with Crippen molar-refractivity contribution in [3.05, 3.63) is 41.1 Å². The van der Waals surface area contributed by atoms with Crippen LogP contribution in [0.15, 0.2) is 30.5 Å². The van der Waals surface area contributed by atoms with Gasteiger partial charge in [-0.05, 0) is 37.1 Å². The van der Waals surface area contributed by atoms with Gasteiger partial charge in [-0.3, -0.25) is 0 Å². The second kappa shape index (κ2) is 4.93. The zero-order valence-electron chi connectivity index (χ0n) is 7.88. The molecular formula is C11H13ClO. The molecule has 1 nitrogen and oxygen atoms in total. The van der Waals surface area contributed by atoms with Crippen LogP contribution in [0.25, 0.3) is 0 Å². The fourth-order valence-electron chi connectivity index (χ4n) is 1.04. The third-order valence-electron chi connectivity index (χ3n) is 1.74. The number of aryl methyl sites for hydroxylation is 1. The van der Waals surface area contributed by atoms with Crippen LogP contribution in [0.1, 0.15) is 19.4 Å². The number of allylic oxidation sites excluding steroid dienone is 1. The van der Waals surface area contributed by atoms with Crippen LogP contribution >= 0.6 is 11.6 Å². The van der Waals surface area contributed by atoms with Gasteiger partial charge in [-0.1, -0.05) is 24.6 Å². The molecule has 0 amide bonds. The Kier molecular flexibility index (Phi) is 3.84. The topological polar surface area (TPSA) is 9.23 Å². The number of benzene rings is 1. The first-order chi connectivity index (χ1) is 6.27. The fourth-order valence-corrected chi connectivity index (χ4v) is 1.29. The highest BCUT2D eigenvalue weighted by Crippen LogP contribution is 2.22. The van der Waals surface area contributed by atoms with Gasteiger partial charge in [0.2, 0.25) is 0 Å². The lowest BCUT2D eigenvalue weighted by Crippen LogP contribution is -1.86. The number of hydrogen-bond acceptors (Lipinski definition) is 1. The molecule has 13 heavy (non-hydrogen) atoms. The van der Waals surface area contributed by atoms with E-state index in [1.54, 1.807) is 6.26 Å². The van der Waals surface area contributed by atoms with Crippen LogP contribution in [0.5, 0.6) is 5.75 Å². The van der Waals surface area contributed by atoms with Gasteiger partial charge >= 0.3 is 0 Å².